The number of carbonyl (C=O) groups is 2. The maximum absolute atomic E-state index is 11.7. The number of hydrogen-bond donors (Lipinski definition) is 1. The van der Waals surface area contributed by atoms with Crippen molar-refractivity contribution in [1.82, 2.24) is 9.88 Å². The molecular formula is C12H15N3O3. The summed E-state index contributed by atoms with van der Waals surface area (Å²) in [7, 11) is 1.78. The molecule has 0 radical (unpaired) electrons. The number of anilines is 1. The van der Waals surface area contributed by atoms with Crippen molar-refractivity contribution in [3.63, 3.8) is 0 Å². The molecule has 6 heteroatoms. The first-order valence-corrected chi connectivity index (χ1v) is 5.76. The van der Waals surface area contributed by atoms with Gasteiger partial charge in [0.05, 0.1) is 12.1 Å². The van der Waals surface area contributed by atoms with Crippen LogP contribution in [0.4, 0.5) is 5.82 Å². The summed E-state index contributed by atoms with van der Waals surface area (Å²) < 4.78 is 0. The van der Waals surface area contributed by atoms with Gasteiger partial charge in [0.15, 0.2) is 0 Å². The second kappa shape index (κ2) is 5.03. The number of aromatic nitrogens is 1. The number of aromatic carboxylic acids is 1. The first-order valence-electron chi connectivity index (χ1n) is 5.76. The fraction of sp³-hybridized carbons (Fsp3) is 0.417. The van der Waals surface area contributed by atoms with Gasteiger partial charge in [-0.3, -0.25) is 4.79 Å². The second-order valence-electron chi connectivity index (χ2n) is 4.30. The SMILES string of the molecule is CN1CCCN(c2ccc(C(=O)O)cn2)CC1=O. The lowest BCUT2D eigenvalue weighted by molar-refractivity contribution is -0.127. The lowest BCUT2D eigenvalue weighted by Crippen LogP contribution is -2.34. The van der Waals surface area contributed by atoms with Gasteiger partial charge < -0.3 is 14.9 Å². The van der Waals surface area contributed by atoms with Crippen molar-refractivity contribution < 1.29 is 14.7 Å². The fourth-order valence-electron chi connectivity index (χ4n) is 1.88. The molecule has 6 nitrogen and oxygen atoms in total. The Kier molecular flexibility index (Phi) is 3.45. The van der Waals surface area contributed by atoms with Crippen molar-refractivity contribution in [1.29, 1.82) is 0 Å². The van der Waals surface area contributed by atoms with E-state index < -0.39 is 5.97 Å². The third-order valence-corrected chi connectivity index (χ3v) is 2.99. The third-order valence-electron chi connectivity index (χ3n) is 2.99. The first-order chi connectivity index (χ1) is 8.58. The number of carbonyl (C=O) groups excluding carboxylic acids is 1. The van der Waals surface area contributed by atoms with Crippen LogP contribution in [0.25, 0.3) is 0 Å². The summed E-state index contributed by atoms with van der Waals surface area (Å²) in [4.78, 5) is 30.1. The Morgan fingerprint density at radius 1 is 1.39 bits per heavy atom. The zero-order valence-corrected chi connectivity index (χ0v) is 10.2. The highest BCUT2D eigenvalue weighted by Gasteiger charge is 2.19. The smallest absolute Gasteiger partial charge is 0.337 e. The maximum atomic E-state index is 11.7. The van der Waals surface area contributed by atoms with Gasteiger partial charge in [0.25, 0.3) is 0 Å². The molecule has 1 aromatic rings. The summed E-state index contributed by atoms with van der Waals surface area (Å²) in [5, 5.41) is 8.79. The molecule has 18 heavy (non-hydrogen) atoms. The molecule has 0 aromatic carbocycles. The normalized spacial score (nSPS) is 16.6. The number of hydrogen-bond acceptors (Lipinski definition) is 4. The van der Waals surface area contributed by atoms with Crippen LogP contribution in [-0.4, -0.2) is 53.5 Å². The number of likely N-dealkylation sites (N-methyl/N-ethyl adjacent to an activating group) is 1. The van der Waals surface area contributed by atoms with Crippen LogP contribution in [0.15, 0.2) is 18.3 Å². The molecule has 1 aromatic heterocycles. The maximum Gasteiger partial charge on any atom is 0.337 e. The molecule has 1 fully saturated rings. The molecule has 1 amide bonds. The minimum Gasteiger partial charge on any atom is -0.478 e. The molecule has 96 valence electrons. The number of pyridine rings is 1. The Balaban J connectivity index is 2.15. The molecule has 0 unspecified atom stereocenters. The lowest BCUT2D eigenvalue weighted by atomic mass is 10.3. The third kappa shape index (κ3) is 2.58. The minimum absolute atomic E-state index is 0.0524. The van der Waals surface area contributed by atoms with E-state index in [1.165, 1.54) is 12.3 Å². The van der Waals surface area contributed by atoms with Gasteiger partial charge in [0, 0.05) is 26.3 Å². The molecule has 1 aliphatic rings. The Labute approximate surface area is 105 Å². The van der Waals surface area contributed by atoms with Crippen LogP contribution in [0.1, 0.15) is 16.8 Å². The van der Waals surface area contributed by atoms with Crippen molar-refractivity contribution in [2.24, 2.45) is 0 Å². The first kappa shape index (κ1) is 12.3. The van der Waals surface area contributed by atoms with E-state index in [0.717, 1.165) is 19.5 Å². The van der Waals surface area contributed by atoms with Crippen LogP contribution in [0, 0.1) is 0 Å². The van der Waals surface area contributed by atoms with Crippen molar-refractivity contribution in [3.05, 3.63) is 23.9 Å². The Morgan fingerprint density at radius 2 is 2.17 bits per heavy atom. The van der Waals surface area contributed by atoms with E-state index in [4.69, 9.17) is 5.11 Å². The molecule has 2 heterocycles. The number of nitrogens with zero attached hydrogens (tertiary/aromatic N) is 3. The quantitative estimate of drug-likeness (QED) is 0.823. The van der Waals surface area contributed by atoms with Gasteiger partial charge in [-0.25, -0.2) is 9.78 Å². The zero-order chi connectivity index (χ0) is 13.1. The van der Waals surface area contributed by atoms with Gasteiger partial charge in [0.2, 0.25) is 5.91 Å². The van der Waals surface area contributed by atoms with Crippen LogP contribution in [-0.2, 0) is 4.79 Å². The number of rotatable bonds is 2. The lowest BCUT2D eigenvalue weighted by Gasteiger charge is -2.20. The molecule has 2 rings (SSSR count). The molecular weight excluding hydrogens is 234 g/mol. The topological polar surface area (TPSA) is 73.7 Å². The Hall–Kier alpha value is -2.11. The van der Waals surface area contributed by atoms with Gasteiger partial charge in [-0.2, -0.15) is 0 Å². The van der Waals surface area contributed by atoms with Gasteiger partial charge in [0.1, 0.15) is 5.82 Å². The highest BCUT2D eigenvalue weighted by atomic mass is 16.4. The molecule has 0 bridgehead atoms. The zero-order valence-electron chi connectivity index (χ0n) is 10.2. The van der Waals surface area contributed by atoms with Crippen molar-refractivity contribution in [3.8, 4) is 0 Å². The Bertz CT molecular complexity index is 458. The molecule has 1 N–H and O–H groups in total. The van der Waals surface area contributed by atoms with Gasteiger partial charge in [-0.1, -0.05) is 0 Å². The van der Waals surface area contributed by atoms with Crippen LogP contribution >= 0.6 is 0 Å². The minimum atomic E-state index is -0.999. The van der Waals surface area contributed by atoms with Crippen molar-refractivity contribution in [2.75, 3.05) is 31.6 Å². The Morgan fingerprint density at radius 3 is 2.78 bits per heavy atom. The van der Waals surface area contributed by atoms with Crippen LogP contribution in [0.5, 0.6) is 0 Å². The largest absolute Gasteiger partial charge is 0.478 e. The van der Waals surface area contributed by atoms with E-state index in [2.05, 4.69) is 4.98 Å². The highest BCUT2D eigenvalue weighted by Crippen LogP contribution is 2.14. The number of carboxylic acid groups (broad SMARTS) is 1. The van der Waals surface area contributed by atoms with E-state index in [0.29, 0.717) is 5.82 Å². The summed E-state index contributed by atoms with van der Waals surface area (Å²) in [6.07, 6.45) is 2.20. The molecule has 0 atom stereocenters. The average Bonchev–Trinajstić information content (AvgIpc) is 2.52. The van der Waals surface area contributed by atoms with E-state index in [9.17, 15) is 9.59 Å². The van der Waals surface area contributed by atoms with E-state index in [1.807, 2.05) is 4.90 Å². The number of amides is 1. The van der Waals surface area contributed by atoms with E-state index in [-0.39, 0.29) is 18.0 Å². The summed E-state index contributed by atoms with van der Waals surface area (Å²) in [6, 6.07) is 3.14. The van der Waals surface area contributed by atoms with Crippen LogP contribution in [0.2, 0.25) is 0 Å². The summed E-state index contributed by atoms with van der Waals surface area (Å²) in [5.74, 6) is -0.305. The fourth-order valence-corrected chi connectivity index (χ4v) is 1.88. The summed E-state index contributed by atoms with van der Waals surface area (Å²) >= 11 is 0. The van der Waals surface area contributed by atoms with Gasteiger partial charge >= 0.3 is 5.97 Å². The monoisotopic (exact) mass is 249 g/mol. The van der Waals surface area contributed by atoms with E-state index in [1.54, 1.807) is 18.0 Å². The molecule has 0 aliphatic carbocycles. The molecule has 1 aliphatic heterocycles. The summed E-state index contributed by atoms with van der Waals surface area (Å²) in [6.45, 7) is 1.77. The number of carboxylic acids is 1. The standard InChI is InChI=1S/C12H15N3O3/c1-14-5-2-6-15(8-11(14)16)10-4-3-9(7-13-10)12(17)18/h3-4,7H,2,5-6,8H2,1H3,(H,17,18). The van der Waals surface area contributed by atoms with E-state index >= 15 is 0 Å². The van der Waals surface area contributed by atoms with Crippen molar-refractivity contribution >= 4 is 17.7 Å². The highest BCUT2D eigenvalue weighted by molar-refractivity contribution is 5.87. The van der Waals surface area contributed by atoms with Crippen LogP contribution in [0.3, 0.4) is 0 Å². The predicted molar refractivity (Wildman–Crippen MR) is 65.7 cm³/mol. The van der Waals surface area contributed by atoms with Crippen molar-refractivity contribution in [2.45, 2.75) is 6.42 Å². The second-order valence-corrected chi connectivity index (χ2v) is 4.30. The molecule has 0 saturated carbocycles. The van der Waals surface area contributed by atoms with Crippen LogP contribution < -0.4 is 4.90 Å². The average molecular weight is 249 g/mol. The molecule has 0 spiro atoms. The predicted octanol–water partition coefficient (Wildman–Crippen LogP) is 0.448. The van der Waals surface area contributed by atoms with Gasteiger partial charge in [-0.05, 0) is 18.6 Å². The summed E-state index contributed by atoms with van der Waals surface area (Å²) in [5.41, 5.74) is 0.150. The molecule has 1 saturated heterocycles. The van der Waals surface area contributed by atoms with Gasteiger partial charge in [-0.15, -0.1) is 0 Å².